The standard InChI is InChI=1S/C11H11N5O3/c1-2-5-15-11(13)7(6-12)10(14-15)8-3-4-9(19-8)16(17)18/h3-4H,2,5,13H2,1H3. The van der Waals surface area contributed by atoms with Crippen molar-refractivity contribution in [2.75, 3.05) is 5.73 Å². The van der Waals surface area contributed by atoms with Crippen LogP contribution in [0.15, 0.2) is 16.5 Å². The summed E-state index contributed by atoms with van der Waals surface area (Å²) in [5.74, 6) is -0.00860. The molecule has 2 N–H and O–H groups in total. The maximum atomic E-state index is 10.6. The number of aryl methyl sites for hydroxylation is 1. The van der Waals surface area contributed by atoms with Gasteiger partial charge in [0, 0.05) is 6.54 Å². The van der Waals surface area contributed by atoms with E-state index in [1.54, 1.807) is 0 Å². The van der Waals surface area contributed by atoms with Crippen molar-refractivity contribution < 1.29 is 9.34 Å². The lowest BCUT2D eigenvalue weighted by Gasteiger charge is -1.99. The Morgan fingerprint density at radius 2 is 2.37 bits per heavy atom. The molecule has 0 unspecified atom stereocenters. The maximum Gasteiger partial charge on any atom is 0.433 e. The summed E-state index contributed by atoms with van der Waals surface area (Å²) in [5, 5.41) is 23.8. The summed E-state index contributed by atoms with van der Waals surface area (Å²) in [6, 6.07) is 4.56. The van der Waals surface area contributed by atoms with E-state index in [0.29, 0.717) is 6.54 Å². The quantitative estimate of drug-likeness (QED) is 0.662. The molecule has 2 aromatic heterocycles. The van der Waals surface area contributed by atoms with Gasteiger partial charge in [-0.15, -0.1) is 0 Å². The van der Waals surface area contributed by atoms with Crippen LogP contribution in [-0.2, 0) is 6.54 Å². The first-order valence-electron chi connectivity index (χ1n) is 5.59. The fourth-order valence-corrected chi connectivity index (χ4v) is 1.69. The normalized spacial score (nSPS) is 10.3. The van der Waals surface area contributed by atoms with E-state index in [9.17, 15) is 10.1 Å². The number of nitrogen functional groups attached to an aromatic ring is 1. The average Bonchev–Trinajstić information content (AvgIpc) is 2.96. The third-order valence-corrected chi connectivity index (χ3v) is 2.54. The van der Waals surface area contributed by atoms with Crippen LogP contribution in [0.25, 0.3) is 11.5 Å². The second kappa shape index (κ2) is 4.81. The summed E-state index contributed by atoms with van der Waals surface area (Å²) >= 11 is 0. The van der Waals surface area contributed by atoms with E-state index < -0.39 is 10.8 Å². The van der Waals surface area contributed by atoms with Crippen LogP contribution in [0, 0.1) is 21.4 Å². The Morgan fingerprint density at radius 3 is 2.89 bits per heavy atom. The zero-order valence-corrected chi connectivity index (χ0v) is 10.2. The first-order valence-corrected chi connectivity index (χ1v) is 5.59. The van der Waals surface area contributed by atoms with Crippen molar-refractivity contribution in [3.8, 4) is 17.5 Å². The maximum absolute atomic E-state index is 10.6. The SMILES string of the molecule is CCCn1nc(-c2ccc([N+](=O)[O-])o2)c(C#N)c1N. The third kappa shape index (κ3) is 2.13. The van der Waals surface area contributed by atoms with Crippen LogP contribution in [-0.4, -0.2) is 14.7 Å². The number of hydrogen-bond donors (Lipinski definition) is 1. The van der Waals surface area contributed by atoms with E-state index in [2.05, 4.69) is 5.10 Å². The van der Waals surface area contributed by atoms with E-state index >= 15 is 0 Å². The largest absolute Gasteiger partial charge is 0.433 e. The predicted molar refractivity (Wildman–Crippen MR) is 66.0 cm³/mol. The summed E-state index contributed by atoms with van der Waals surface area (Å²) in [4.78, 5) is 9.92. The molecule has 0 radical (unpaired) electrons. The van der Waals surface area contributed by atoms with Gasteiger partial charge in [-0.25, -0.2) is 4.68 Å². The lowest BCUT2D eigenvalue weighted by atomic mass is 10.2. The van der Waals surface area contributed by atoms with Crippen LogP contribution in [0.5, 0.6) is 0 Å². The Labute approximate surface area is 108 Å². The molecule has 2 aromatic rings. The molecule has 2 rings (SSSR count). The van der Waals surface area contributed by atoms with E-state index in [4.69, 9.17) is 15.4 Å². The molecule has 2 heterocycles. The zero-order valence-electron chi connectivity index (χ0n) is 10.2. The Kier molecular flexibility index (Phi) is 3.20. The minimum absolute atomic E-state index is 0.157. The molecule has 0 spiro atoms. The molecule has 0 fully saturated rings. The van der Waals surface area contributed by atoms with Gasteiger partial charge in [0.1, 0.15) is 28.1 Å². The van der Waals surface area contributed by atoms with Gasteiger partial charge in [0.25, 0.3) is 0 Å². The van der Waals surface area contributed by atoms with Crippen molar-refractivity contribution in [3.05, 3.63) is 27.8 Å². The third-order valence-electron chi connectivity index (χ3n) is 2.54. The molecule has 0 aliphatic carbocycles. The molecule has 0 bridgehead atoms. The fourth-order valence-electron chi connectivity index (χ4n) is 1.69. The van der Waals surface area contributed by atoms with Crippen LogP contribution in [0.4, 0.5) is 11.7 Å². The number of nitrogens with two attached hydrogens (primary N) is 1. The number of furan rings is 1. The molecular weight excluding hydrogens is 250 g/mol. The molecule has 98 valence electrons. The van der Waals surface area contributed by atoms with E-state index in [1.807, 2.05) is 13.0 Å². The second-order valence-corrected chi connectivity index (χ2v) is 3.84. The molecule has 0 aliphatic rings. The smallest absolute Gasteiger partial charge is 0.399 e. The number of nitrogens with zero attached hydrogens (tertiary/aromatic N) is 4. The van der Waals surface area contributed by atoms with Gasteiger partial charge in [-0.1, -0.05) is 6.92 Å². The molecular formula is C11H11N5O3. The van der Waals surface area contributed by atoms with Gasteiger partial charge in [-0.3, -0.25) is 10.1 Å². The number of nitriles is 1. The molecule has 0 aromatic carbocycles. The van der Waals surface area contributed by atoms with Crippen LogP contribution >= 0.6 is 0 Å². The van der Waals surface area contributed by atoms with Crippen LogP contribution < -0.4 is 5.73 Å². The van der Waals surface area contributed by atoms with Gasteiger partial charge < -0.3 is 10.2 Å². The van der Waals surface area contributed by atoms with Crippen molar-refractivity contribution in [1.82, 2.24) is 9.78 Å². The summed E-state index contributed by atoms with van der Waals surface area (Å²) in [7, 11) is 0. The van der Waals surface area contributed by atoms with Gasteiger partial charge in [-0.05, 0) is 12.5 Å². The van der Waals surface area contributed by atoms with Crippen LogP contribution in [0.3, 0.4) is 0 Å². The number of aromatic nitrogens is 2. The zero-order chi connectivity index (χ0) is 14.0. The first-order chi connectivity index (χ1) is 9.08. The van der Waals surface area contributed by atoms with Crippen molar-refractivity contribution in [1.29, 1.82) is 5.26 Å². The van der Waals surface area contributed by atoms with E-state index in [0.717, 1.165) is 6.42 Å². The second-order valence-electron chi connectivity index (χ2n) is 3.84. The summed E-state index contributed by atoms with van der Waals surface area (Å²) in [6.07, 6.45) is 0.800. The first kappa shape index (κ1) is 12.6. The molecule has 19 heavy (non-hydrogen) atoms. The van der Waals surface area contributed by atoms with Gasteiger partial charge >= 0.3 is 5.88 Å². The van der Waals surface area contributed by atoms with Gasteiger partial charge in [0.2, 0.25) is 0 Å². The topological polar surface area (TPSA) is 124 Å². The molecule has 8 nitrogen and oxygen atoms in total. The summed E-state index contributed by atoms with van der Waals surface area (Å²) in [6.45, 7) is 2.51. The van der Waals surface area contributed by atoms with Crippen molar-refractivity contribution in [3.63, 3.8) is 0 Å². The highest BCUT2D eigenvalue weighted by Gasteiger charge is 2.21. The van der Waals surface area contributed by atoms with E-state index in [-0.39, 0.29) is 22.8 Å². The minimum atomic E-state index is -0.651. The number of nitro groups is 1. The Hall–Kier alpha value is -2.82. The highest BCUT2D eigenvalue weighted by atomic mass is 16.6. The molecule has 0 atom stereocenters. The van der Waals surface area contributed by atoms with Crippen LogP contribution in [0.1, 0.15) is 18.9 Å². The molecule has 0 aliphatic heterocycles. The van der Waals surface area contributed by atoms with Crippen molar-refractivity contribution in [2.24, 2.45) is 0 Å². The van der Waals surface area contributed by atoms with Crippen LogP contribution in [0.2, 0.25) is 0 Å². The Bertz CT molecular complexity index is 664. The van der Waals surface area contributed by atoms with Crippen molar-refractivity contribution in [2.45, 2.75) is 19.9 Å². The molecule has 0 amide bonds. The fraction of sp³-hybridized carbons (Fsp3) is 0.273. The van der Waals surface area contributed by atoms with Crippen molar-refractivity contribution >= 4 is 11.7 Å². The van der Waals surface area contributed by atoms with Gasteiger partial charge in [-0.2, -0.15) is 10.4 Å². The average molecular weight is 261 g/mol. The minimum Gasteiger partial charge on any atom is -0.399 e. The number of rotatable bonds is 4. The molecule has 8 heteroatoms. The monoisotopic (exact) mass is 261 g/mol. The van der Waals surface area contributed by atoms with E-state index in [1.165, 1.54) is 16.8 Å². The Balaban J connectivity index is 2.52. The molecule has 0 saturated carbocycles. The lowest BCUT2D eigenvalue weighted by Crippen LogP contribution is -2.04. The Morgan fingerprint density at radius 1 is 1.63 bits per heavy atom. The predicted octanol–water partition coefficient (Wildman–Crippen LogP) is 1.92. The lowest BCUT2D eigenvalue weighted by molar-refractivity contribution is -0.401. The summed E-state index contributed by atoms with van der Waals surface area (Å²) < 4.78 is 6.53. The van der Waals surface area contributed by atoms with Gasteiger partial charge in [0.05, 0.1) is 6.07 Å². The van der Waals surface area contributed by atoms with Gasteiger partial charge in [0.15, 0.2) is 5.76 Å². The highest BCUT2D eigenvalue weighted by molar-refractivity contribution is 5.69. The summed E-state index contributed by atoms with van der Waals surface area (Å²) in [5.41, 5.74) is 6.20. The number of hydrogen-bond acceptors (Lipinski definition) is 6. The molecule has 0 saturated heterocycles. The highest BCUT2D eigenvalue weighted by Crippen LogP contribution is 2.30. The number of anilines is 1.